The first kappa shape index (κ1) is 12.6. The van der Waals surface area contributed by atoms with Gasteiger partial charge >= 0.3 is 0 Å². The highest BCUT2D eigenvalue weighted by Crippen LogP contribution is 2.28. The fourth-order valence-electron chi connectivity index (χ4n) is 1.73. The van der Waals surface area contributed by atoms with Crippen molar-refractivity contribution in [3.8, 4) is 0 Å². The number of hydrogen-bond acceptors (Lipinski definition) is 1. The lowest BCUT2D eigenvalue weighted by Gasteiger charge is -2.26. The quantitative estimate of drug-likeness (QED) is 0.865. The van der Waals surface area contributed by atoms with Crippen LogP contribution in [-0.4, -0.2) is 9.97 Å². The molecule has 0 bridgehead atoms. The Bertz CT molecular complexity index is 522. The number of aromatic amines is 1. The number of hydrogen-bond donors (Lipinski definition) is 1. The number of nitrogens with one attached hydrogen (secondary N) is 1. The lowest BCUT2D eigenvalue weighted by molar-refractivity contribution is 0.257. The third-order valence-electron chi connectivity index (χ3n) is 3.47. The average molecular weight is 295 g/mol. The Hall–Kier alpha value is -0.830. The molecule has 0 radical (unpaired) electrons. The summed E-state index contributed by atoms with van der Waals surface area (Å²) in [5.74, 6) is 1.69. The molecule has 0 aliphatic heterocycles. The van der Waals surface area contributed by atoms with E-state index in [1.54, 1.807) is 0 Å². The molecule has 0 amide bonds. The van der Waals surface area contributed by atoms with Gasteiger partial charge in [0.2, 0.25) is 0 Å². The summed E-state index contributed by atoms with van der Waals surface area (Å²) < 4.78 is 1.09. The van der Waals surface area contributed by atoms with Gasteiger partial charge in [0.1, 0.15) is 5.82 Å². The molecule has 17 heavy (non-hydrogen) atoms. The van der Waals surface area contributed by atoms with Crippen molar-refractivity contribution in [1.29, 1.82) is 0 Å². The first-order chi connectivity index (χ1) is 7.86. The van der Waals surface area contributed by atoms with Crippen LogP contribution in [0.4, 0.5) is 0 Å². The SMILES string of the molecule is CC(Cc1nc2ccc(Br)cc2[nH]1)C(C)(C)C. The Morgan fingerprint density at radius 3 is 2.71 bits per heavy atom. The van der Waals surface area contributed by atoms with Crippen molar-refractivity contribution in [2.45, 2.75) is 34.1 Å². The molecule has 0 fully saturated rings. The molecule has 0 aliphatic rings. The summed E-state index contributed by atoms with van der Waals surface area (Å²) in [7, 11) is 0. The zero-order valence-corrected chi connectivity index (χ0v) is 12.4. The summed E-state index contributed by atoms with van der Waals surface area (Å²) in [5, 5.41) is 0. The Balaban J connectivity index is 2.25. The summed E-state index contributed by atoms with van der Waals surface area (Å²) >= 11 is 3.48. The third-order valence-corrected chi connectivity index (χ3v) is 3.96. The summed E-state index contributed by atoms with van der Waals surface area (Å²) in [5.41, 5.74) is 2.47. The highest BCUT2D eigenvalue weighted by Gasteiger charge is 2.21. The van der Waals surface area contributed by atoms with Crippen LogP contribution >= 0.6 is 15.9 Å². The lowest BCUT2D eigenvalue weighted by Crippen LogP contribution is -2.19. The van der Waals surface area contributed by atoms with Crippen LogP contribution in [0.5, 0.6) is 0 Å². The van der Waals surface area contributed by atoms with Crippen molar-refractivity contribution in [3.05, 3.63) is 28.5 Å². The summed E-state index contributed by atoms with van der Waals surface area (Å²) in [6.45, 7) is 9.10. The van der Waals surface area contributed by atoms with E-state index in [4.69, 9.17) is 0 Å². The molecule has 1 unspecified atom stereocenters. The second-order valence-electron chi connectivity index (χ2n) is 5.82. The molecule has 3 heteroatoms. The minimum absolute atomic E-state index is 0.319. The van der Waals surface area contributed by atoms with Gasteiger partial charge < -0.3 is 4.98 Å². The van der Waals surface area contributed by atoms with Crippen molar-refractivity contribution in [3.63, 3.8) is 0 Å². The first-order valence-corrected chi connectivity index (χ1v) is 6.80. The Morgan fingerprint density at radius 2 is 2.06 bits per heavy atom. The molecule has 0 saturated heterocycles. The minimum atomic E-state index is 0.319. The van der Waals surface area contributed by atoms with Crippen LogP contribution in [0.15, 0.2) is 22.7 Å². The highest BCUT2D eigenvalue weighted by atomic mass is 79.9. The van der Waals surface area contributed by atoms with Gasteiger partial charge in [-0.05, 0) is 29.5 Å². The van der Waals surface area contributed by atoms with Gasteiger partial charge in [-0.3, -0.25) is 0 Å². The number of fused-ring (bicyclic) bond motifs is 1. The van der Waals surface area contributed by atoms with E-state index in [0.29, 0.717) is 11.3 Å². The molecule has 2 nitrogen and oxygen atoms in total. The van der Waals surface area contributed by atoms with Crippen LogP contribution in [0.3, 0.4) is 0 Å². The van der Waals surface area contributed by atoms with E-state index in [2.05, 4.69) is 59.7 Å². The number of imidazole rings is 1. The van der Waals surface area contributed by atoms with Crippen molar-refractivity contribution in [1.82, 2.24) is 9.97 Å². The van der Waals surface area contributed by atoms with Crippen LogP contribution in [0, 0.1) is 11.3 Å². The number of halogens is 1. The van der Waals surface area contributed by atoms with Gasteiger partial charge in [-0.1, -0.05) is 43.6 Å². The molecule has 1 aromatic heterocycles. The van der Waals surface area contributed by atoms with E-state index >= 15 is 0 Å². The predicted octanol–water partition coefficient (Wildman–Crippen LogP) is 4.55. The maximum Gasteiger partial charge on any atom is 0.107 e. The number of nitrogens with zero attached hydrogens (tertiary/aromatic N) is 1. The monoisotopic (exact) mass is 294 g/mol. The Labute approximate surface area is 111 Å². The summed E-state index contributed by atoms with van der Waals surface area (Å²) in [6, 6.07) is 6.15. The van der Waals surface area contributed by atoms with Crippen molar-refractivity contribution >= 4 is 27.0 Å². The second kappa shape index (κ2) is 4.45. The normalized spacial score (nSPS) is 14.2. The van der Waals surface area contributed by atoms with Crippen LogP contribution in [-0.2, 0) is 6.42 Å². The van der Waals surface area contributed by atoms with Gasteiger partial charge in [0.25, 0.3) is 0 Å². The van der Waals surface area contributed by atoms with Crippen molar-refractivity contribution in [2.24, 2.45) is 11.3 Å². The van der Waals surface area contributed by atoms with Crippen molar-refractivity contribution in [2.75, 3.05) is 0 Å². The van der Waals surface area contributed by atoms with Gasteiger partial charge in [0.05, 0.1) is 11.0 Å². The molecule has 1 atom stereocenters. The van der Waals surface area contributed by atoms with E-state index in [1.807, 2.05) is 12.1 Å². The molecule has 92 valence electrons. The van der Waals surface area contributed by atoms with E-state index in [9.17, 15) is 0 Å². The molecular formula is C14H19BrN2. The van der Waals surface area contributed by atoms with Gasteiger partial charge in [0.15, 0.2) is 0 Å². The van der Waals surface area contributed by atoms with Crippen molar-refractivity contribution < 1.29 is 0 Å². The third kappa shape index (κ3) is 2.89. The minimum Gasteiger partial charge on any atom is -0.342 e. The molecule has 2 rings (SSSR count). The number of aromatic nitrogens is 2. The molecule has 0 spiro atoms. The van der Waals surface area contributed by atoms with E-state index in [-0.39, 0.29) is 0 Å². The maximum absolute atomic E-state index is 4.63. The Kier molecular flexibility index (Phi) is 3.30. The second-order valence-corrected chi connectivity index (χ2v) is 6.73. The lowest BCUT2D eigenvalue weighted by atomic mass is 9.80. The molecule has 1 aromatic carbocycles. The Morgan fingerprint density at radius 1 is 1.35 bits per heavy atom. The van der Waals surface area contributed by atoms with E-state index in [1.165, 1.54) is 0 Å². The molecule has 1 N–H and O–H groups in total. The molecule has 0 saturated carbocycles. The number of H-pyrrole nitrogens is 1. The number of rotatable bonds is 2. The molecule has 2 aromatic rings. The summed E-state index contributed by atoms with van der Waals surface area (Å²) in [6.07, 6.45) is 0.996. The van der Waals surface area contributed by atoms with Gasteiger partial charge in [-0.2, -0.15) is 0 Å². The predicted molar refractivity (Wildman–Crippen MR) is 76.1 cm³/mol. The topological polar surface area (TPSA) is 28.7 Å². The zero-order valence-electron chi connectivity index (χ0n) is 10.8. The molecule has 1 heterocycles. The van der Waals surface area contributed by atoms with Crippen LogP contribution in [0.2, 0.25) is 0 Å². The highest BCUT2D eigenvalue weighted by molar-refractivity contribution is 9.10. The van der Waals surface area contributed by atoms with Gasteiger partial charge in [0, 0.05) is 10.9 Å². The van der Waals surface area contributed by atoms with E-state index < -0.39 is 0 Å². The maximum atomic E-state index is 4.63. The van der Waals surface area contributed by atoms with E-state index in [0.717, 1.165) is 27.8 Å². The van der Waals surface area contributed by atoms with Gasteiger partial charge in [-0.25, -0.2) is 4.98 Å². The average Bonchev–Trinajstić information content (AvgIpc) is 2.57. The fraction of sp³-hybridized carbons (Fsp3) is 0.500. The van der Waals surface area contributed by atoms with Crippen LogP contribution in [0.25, 0.3) is 11.0 Å². The molecular weight excluding hydrogens is 276 g/mol. The zero-order chi connectivity index (χ0) is 12.6. The fourth-order valence-corrected chi connectivity index (χ4v) is 2.09. The van der Waals surface area contributed by atoms with Crippen LogP contribution < -0.4 is 0 Å². The van der Waals surface area contributed by atoms with Crippen LogP contribution in [0.1, 0.15) is 33.5 Å². The smallest absolute Gasteiger partial charge is 0.107 e. The molecule has 0 aliphatic carbocycles. The van der Waals surface area contributed by atoms with Gasteiger partial charge in [-0.15, -0.1) is 0 Å². The summed E-state index contributed by atoms with van der Waals surface area (Å²) in [4.78, 5) is 8.03. The largest absolute Gasteiger partial charge is 0.342 e. The standard InChI is InChI=1S/C14H19BrN2/c1-9(14(2,3)4)7-13-16-11-6-5-10(15)8-12(11)17-13/h5-6,8-9H,7H2,1-4H3,(H,16,17). The first-order valence-electron chi connectivity index (χ1n) is 6.00. The number of benzene rings is 1.